The second-order valence-corrected chi connectivity index (χ2v) is 7.69. The van der Waals surface area contributed by atoms with Crippen LogP contribution in [0.25, 0.3) is 30.8 Å². The molecule has 0 amide bonds. The number of benzene rings is 2. The Kier molecular flexibility index (Phi) is 3.77. The van der Waals surface area contributed by atoms with Gasteiger partial charge in [-0.05, 0) is 24.3 Å². The van der Waals surface area contributed by atoms with E-state index in [1.165, 1.54) is 34.8 Å². The highest BCUT2D eigenvalue weighted by Crippen LogP contribution is 2.37. The molecule has 0 aliphatic rings. The first-order valence-electron chi connectivity index (χ1n) is 7.52. The van der Waals surface area contributed by atoms with Crippen molar-refractivity contribution in [2.45, 2.75) is 12.8 Å². The maximum Gasteiger partial charge on any atom is 0.270 e. The molecule has 0 fully saturated rings. The van der Waals surface area contributed by atoms with Crippen LogP contribution in [0, 0.1) is 0 Å². The molecule has 2 N–H and O–H groups in total. The highest BCUT2D eigenvalue weighted by atomic mass is 32.1. The average molecular weight is 373 g/mol. The van der Waals surface area contributed by atoms with E-state index in [0.29, 0.717) is 5.69 Å². The third kappa shape index (κ3) is 3.12. The Morgan fingerprint density at radius 1 is 0.800 bits per heavy atom. The Bertz CT molecular complexity index is 998. The van der Waals surface area contributed by atoms with E-state index in [2.05, 4.69) is 9.97 Å². The predicted molar refractivity (Wildman–Crippen MR) is 100 cm³/mol. The van der Waals surface area contributed by atoms with Crippen LogP contribution in [-0.2, 0) is 5.92 Å². The Morgan fingerprint density at radius 3 is 1.68 bits per heavy atom. The molecule has 4 rings (SSSR count). The van der Waals surface area contributed by atoms with Crippen molar-refractivity contribution in [3.8, 4) is 21.1 Å². The van der Waals surface area contributed by atoms with Crippen molar-refractivity contribution in [3.63, 3.8) is 0 Å². The molecule has 126 valence electrons. The predicted octanol–water partition coefficient (Wildman–Crippen LogP) is 5.78. The van der Waals surface area contributed by atoms with Crippen molar-refractivity contribution >= 4 is 38.0 Å². The first-order chi connectivity index (χ1) is 11.9. The minimum Gasteiger partial charge on any atom is -0.399 e. The van der Waals surface area contributed by atoms with Crippen molar-refractivity contribution < 1.29 is 8.78 Å². The van der Waals surface area contributed by atoms with E-state index in [1.807, 2.05) is 24.3 Å². The summed E-state index contributed by atoms with van der Waals surface area (Å²) in [5.41, 5.74) is 8.23. The molecule has 0 bridgehead atoms. The molecule has 2 heterocycles. The van der Waals surface area contributed by atoms with Crippen LogP contribution >= 0.6 is 22.7 Å². The normalized spacial score (nSPS) is 12.0. The second-order valence-electron chi connectivity index (χ2n) is 5.74. The summed E-state index contributed by atoms with van der Waals surface area (Å²) in [6.07, 6.45) is 0. The van der Waals surface area contributed by atoms with Gasteiger partial charge in [-0.2, -0.15) is 0 Å². The Labute approximate surface area is 150 Å². The molecular formula is C18H13F2N3S2. The monoisotopic (exact) mass is 373 g/mol. The molecule has 25 heavy (non-hydrogen) atoms. The van der Waals surface area contributed by atoms with Crippen LogP contribution < -0.4 is 5.73 Å². The van der Waals surface area contributed by atoms with Crippen molar-refractivity contribution in [3.05, 3.63) is 54.1 Å². The van der Waals surface area contributed by atoms with Gasteiger partial charge in [0.1, 0.15) is 10.0 Å². The summed E-state index contributed by atoms with van der Waals surface area (Å²) in [6, 6.07) is 13.8. The summed E-state index contributed by atoms with van der Waals surface area (Å²) in [5, 5.41) is 1.67. The van der Waals surface area contributed by atoms with Gasteiger partial charge in [0.25, 0.3) is 5.92 Å². The van der Waals surface area contributed by atoms with Crippen LogP contribution in [0.5, 0.6) is 0 Å². The number of hydrogen-bond acceptors (Lipinski definition) is 5. The zero-order valence-electron chi connectivity index (χ0n) is 13.2. The minimum atomic E-state index is -2.84. The smallest absolute Gasteiger partial charge is 0.270 e. The lowest BCUT2D eigenvalue weighted by Crippen LogP contribution is -2.06. The fourth-order valence-electron chi connectivity index (χ4n) is 2.42. The number of rotatable bonds is 3. The Balaban J connectivity index is 1.66. The summed E-state index contributed by atoms with van der Waals surface area (Å²) in [5.74, 6) is -2.84. The van der Waals surface area contributed by atoms with E-state index in [4.69, 9.17) is 5.73 Å². The Hall–Kier alpha value is -2.38. The van der Waals surface area contributed by atoms with Gasteiger partial charge in [-0.3, -0.25) is 0 Å². The molecule has 3 nitrogen and oxygen atoms in total. The molecule has 0 unspecified atom stereocenters. The number of aromatic nitrogens is 2. The number of thiazole rings is 2. The van der Waals surface area contributed by atoms with Gasteiger partial charge in [0.2, 0.25) is 0 Å². The number of nitrogens with two attached hydrogens (primary N) is 1. The minimum absolute atomic E-state index is 0.00150. The van der Waals surface area contributed by atoms with E-state index in [1.54, 1.807) is 12.1 Å². The highest BCUT2D eigenvalue weighted by Gasteiger charge is 2.24. The molecule has 0 aliphatic carbocycles. The molecule has 0 spiro atoms. The number of nitrogen functional groups attached to an aromatic ring is 1. The number of fused-ring (bicyclic) bond motifs is 1. The maximum atomic E-state index is 13.3. The highest BCUT2D eigenvalue weighted by molar-refractivity contribution is 7.29. The van der Waals surface area contributed by atoms with Gasteiger partial charge in [-0.1, -0.05) is 46.9 Å². The summed E-state index contributed by atoms with van der Waals surface area (Å²) < 4.78 is 26.6. The molecule has 4 aromatic rings. The molecule has 0 atom stereocenters. The molecule has 2 aromatic heterocycles. The lowest BCUT2D eigenvalue weighted by Gasteiger charge is -2.10. The molecule has 0 radical (unpaired) electrons. The van der Waals surface area contributed by atoms with Crippen LogP contribution in [0.15, 0.2) is 48.5 Å². The van der Waals surface area contributed by atoms with E-state index < -0.39 is 5.92 Å². The number of hydrogen-bond donors (Lipinski definition) is 1. The van der Waals surface area contributed by atoms with Crippen LogP contribution in [0.3, 0.4) is 0 Å². The maximum absolute atomic E-state index is 13.3. The van der Waals surface area contributed by atoms with Crippen molar-refractivity contribution in [2.24, 2.45) is 0 Å². The van der Waals surface area contributed by atoms with Crippen LogP contribution in [0.1, 0.15) is 12.5 Å². The average Bonchev–Trinajstić information content (AvgIpc) is 3.14. The summed E-state index contributed by atoms with van der Waals surface area (Å²) in [6.45, 7) is 0.893. The molecule has 0 saturated heterocycles. The molecular weight excluding hydrogens is 360 g/mol. The van der Waals surface area contributed by atoms with E-state index in [0.717, 1.165) is 37.7 Å². The third-order valence-electron chi connectivity index (χ3n) is 3.77. The van der Waals surface area contributed by atoms with Gasteiger partial charge in [-0.25, -0.2) is 18.7 Å². The standard InChI is InChI=1S/C18H13F2N3S2/c1-18(19,20)12-6-2-10(3-7-12)14-22-16-17(24-14)23-15(25-16)11-4-8-13(21)9-5-11/h2-9H,21H2,1H3. The van der Waals surface area contributed by atoms with Gasteiger partial charge in [-0.15, -0.1) is 0 Å². The molecule has 0 saturated carbocycles. The molecule has 2 aromatic carbocycles. The number of anilines is 1. The largest absolute Gasteiger partial charge is 0.399 e. The zero-order chi connectivity index (χ0) is 17.6. The summed E-state index contributed by atoms with van der Waals surface area (Å²) in [4.78, 5) is 10.9. The van der Waals surface area contributed by atoms with Crippen LogP contribution in [0.4, 0.5) is 14.5 Å². The molecule has 0 aliphatic heterocycles. The SMILES string of the molecule is CC(F)(F)c1ccc(-c2nc3sc(-c4ccc(N)cc4)nc3s2)cc1. The van der Waals surface area contributed by atoms with Crippen molar-refractivity contribution in [1.82, 2.24) is 9.97 Å². The number of alkyl halides is 2. The lowest BCUT2D eigenvalue weighted by molar-refractivity contribution is 0.0175. The van der Waals surface area contributed by atoms with E-state index in [9.17, 15) is 8.78 Å². The fourth-order valence-corrected chi connectivity index (χ4v) is 4.47. The van der Waals surface area contributed by atoms with Gasteiger partial charge < -0.3 is 5.73 Å². The van der Waals surface area contributed by atoms with Crippen molar-refractivity contribution in [1.29, 1.82) is 0 Å². The van der Waals surface area contributed by atoms with Gasteiger partial charge in [0.15, 0.2) is 9.66 Å². The number of halogens is 2. The third-order valence-corrected chi connectivity index (χ3v) is 5.90. The Morgan fingerprint density at radius 2 is 1.24 bits per heavy atom. The van der Waals surface area contributed by atoms with E-state index >= 15 is 0 Å². The summed E-state index contributed by atoms with van der Waals surface area (Å²) in [7, 11) is 0. The van der Waals surface area contributed by atoms with Gasteiger partial charge >= 0.3 is 0 Å². The van der Waals surface area contributed by atoms with Crippen LogP contribution in [0.2, 0.25) is 0 Å². The topological polar surface area (TPSA) is 51.8 Å². The quantitative estimate of drug-likeness (QED) is 0.463. The number of nitrogens with zero attached hydrogens (tertiary/aromatic N) is 2. The first-order valence-corrected chi connectivity index (χ1v) is 9.15. The summed E-state index contributed by atoms with van der Waals surface area (Å²) >= 11 is 2.96. The van der Waals surface area contributed by atoms with Gasteiger partial charge in [0.05, 0.1) is 0 Å². The van der Waals surface area contributed by atoms with Crippen LogP contribution in [-0.4, -0.2) is 9.97 Å². The second kappa shape index (κ2) is 5.86. The zero-order valence-corrected chi connectivity index (χ0v) is 14.8. The van der Waals surface area contributed by atoms with Crippen molar-refractivity contribution in [2.75, 3.05) is 5.73 Å². The van der Waals surface area contributed by atoms with Gasteiger partial charge in [0, 0.05) is 29.3 Å². The lowest BCUT2D eigenvalue weighted by atomic mass is 10.1. The fraction of sp³-hybridized carbons (Fsp3) is 0.111. The first kappa shape index (κ1) is 16.1. The van der Waals surface area contributed by atoms with E-state index in [-0.39, 0.29) is 5.56 Å². The molecule has 7 heteroatoms.